The Labute approximate surface area is 69.6 Å². The summed E-state index contributed by atoms with van der Waals surface area (Å²) in [7, 11) is 0. The molecule has 2 fully saturated rings. The van der Waals surface area contributed by atoms with Crippen LogP contribution in [0, 0.1) is 5.41 Å². The van der Waals surface area contributed by atoms with Crippen LogP contribution in [0.5, 0.6) is 0 Å². The zero-order valence-electron chi connectivity index (χ0n) is 7.36. The maximum atomic E-state index is 3.52. The summed E-state index contributed by atoms with van der Waals surface area (Å²) in [5.41, 5.74) is 0.831. The first kappa shape index (κ1) is 7.60. The first-order valence-electron chi connectivity index (χ1n) is 5.12. The van der Waals surface area contributed by atoms with Gasteiger partial charge in [0.25, 0.3) is 0 Å². The van der Waals surface area contributed by atoms with Crippen LogP contribution in [0.3, 0.4) is 0 Å². The van der Waals surface area contributed by atoms with Crippen molar-refractivity contribution in [3.05, 3.63) is 0 Å². The van der Waals surface area contributed by atoms with Crippen molar-refractivity contribution in [1.29, 1.82) is 0 Å². The van der Waals surface area contributed by atoms with E-state index in [1.165, 1.54) is 58.0 Å². The van der Waals surface area contributed by atoms with Crippen molar-refractivity contribution in [2.24, 2.45) is 5.41 Å². The molecule has 1 heterocycles. The molecule has 2 aliphatic rings. The van der Waals surface area contributed by atoms with E-state index in [9.17, 15) is 0 Å². The van der Waals surface area contributed by atoms with Gasteiger partial charge in [-0.15, -0.1) is 0 Å². The molecule has 1 aliphatic carbocycles. The van der Waals surface area contributed by atoms with Gasteiger partial charge < -0.3 is 5.32 Å². The highest BCUT2D eigenvalue weighted by molar-refractivity contribution is 4.93. The lowest BCUT2D eigenvalue weighted by molar-refractivity contribution is 0.415. The molecule has 0 atom stereocenters. The number of hydrogen-bond acceptors (Lipinski definition) is 1. The standard InChI is InChI=1S/C10H19N/c1-2-4-10(5-6-10)7-9-11-8-3-1/h11H,1-9H2. The van der Waals surface area contributed by atoms with E-state index in [1.54, 1.807) is 0 Å². The fourth-order valence-corrected chi connectivity index (χ4v) is 2.21. The van der Waals surface area contributed by atoms with E-state index in [2.05, 4.69) is 5.32 Å². The largest absolute Gasteiger partial charge is 0.317 e. The molecule has 1 saturated carbocycles. The summed E-state index contributed by atoms with van der Waals surface area (Å²) in [5.74, 6) is 0. The van der Waals surface area contributed by atoms with Crippen LogP contribution in [-0.2, 0) is 0 Å². The van der Waals surface area contributed by atoms with E-state index in [4.69, 9.17) is 0 Å². The zero-order chi connectivity index (χ0) is 7.57. The summed E-state index contributed by atoms with van der Waals surface area (Å²) in [6, 6.07) is 0. The van der Waals surface area contributed by atoms with Crippen LogP contribution < -0.4 is 5.32 Å². The Hall–Kier alpha value is -0.0400. The lowest BCUT2D eigenvalue weighted by Crippen LogP contribution is -2.18. The molecule has 0 radical (unpaired) electrons. The Bertz CT molecular complexity index is 115. The van der Waals surface area contributed by atoms with Crippen LogP contribution in [-0.4, -0.2) is 13.1 Å². The molecule has 1 N–H and O–H groups in total. The summed E-state index contributed by atoms with van der Waals surface area (Å²) in [4.78, 5) is 0. The number of hydrogen-bond donors (Lipinski definition) is 1. The quantitative estimate of drug-likeness (QED) is 0.563. The first-order chi connectivity index (χ1) is 5.41. The average molecular weight is 153 g/mol. The second-order valence-electron chi connectivity index (χ2n) is 4.31. The van der Waals surface area contributed by atoms with Crippen molar-refractivity contribution in [1.82, 2.24) is 5.32 Å². The molecule has 1 spiro atoms. The van der Waals surface area contributed by atoms with E-state index < -0.39 is 0 Å². The van der Waals surface area contributed by atoms with Gasteiger partial charge in [-0.3, -0.25) is 0 Å². The topological polar surface area (TPSA) is 12.0 Å². The van der Waals surface area contributed by atoms with Crippen molar-refractivity contribution in [3.63, 3.8) is 0 Å². The van der Waals surface area contributed by atoms with E-state index in [1.807, 2.05) is 0 Å². The molecule has 1 heteroatoms. The van der Waals surface area contributed by atoms with Crippen LogP contribution in [0.1, 0.15) is 44.9 Å². The third-order valence-electron chi connectivity index (χ3n) is 3.35. The fourth-order valence-electron chi connectivity index (χ4n) is 2.21. The second-order valence-corrected chi connectivity index (χ2v) is 4.31. The minimum Gasteiger partial charge on any atom is -0.317 e. The highest BCUT2D eigenvalue weighted by atomic mass is 14.8. The molecule has 0 aromatic rings. The van der Waals surface area contributed by atoms with Crippen molar-refractivity contribution in [2.45, 2.75) is 44.9 Å². The highest BCUT2D eigenvalue weighted by Gasteiger charge is 2.40. The maximum Gasteiger partial charge on any atom is -0.00436 e. The summed E-state index contributed by atoms with van der Waals surface area (Å²) in [6.45, 7) is 2.54. The molecule has 11 heavy (non-hydrogen) atoms. The minimum absolute atomic E-state index is 0.831. The van der Waals surface area contributed by atoms with E-state index in [-0.39, 0.29) is 0 Å². The lowest BCUT2D eigenvalue weighted by atomic mass is 9.95. The Morgan fingerprint density at radius 2 is 1.64 bits per heavy atom. The third kappa shape index (κ3) is 1.96. The lowest BCUT2D eigenvalue weighted by Gasteiger charge is -2.12. The molecule has 1 nitrogen and oxygen atoms in total. The number of nitrogens with one attached hydrogen (secondary N) is 1. The number of rotatable bonds is 0. The van der Waals surface area contributed by atoms with Crippen LogP contribution >= 0.6 is 0 Å². The van der Waals surface area contributed by atoms with Crippen LogP contribution in [0.25, 0.3) is 0 Å². The average Bonchev–Trinajstić information content (AvgIpc) is 2.70. The molecular formula is C10H19N. The maximum absolute atomic E-state index is 3.52. The van der Waals surface area contributed by atoms with Crippen molar-refractivity contribution in [3.8, 4) is 0 Å². The smallest absolute Gasteiger partial charge is 0.00436 e. The van der Waals surface area contributed by atoms with Crippen LogP contribution in [0.15, 0.2) is 0 Å². The van der Waals surface area contributed by atoms with E-state index in [0.29, 0.717) is 0 Å². The second kappa shape index (κ2) is 3.14. The van der Waals surface area contributed by atoms with Crippen molar-refractivity contribution in [2.75, 3.05) is 13.1 Å². The first-order valence-corrected chi connectivity index (χ1v) is 5.12. The molecule has 0 aromatic heterocycles. The van der Waals surface area contributed by atoms with Crippen LogP contribution in [0.2, 0.25) is 0 Å². The summed E-state index contributed by atoms with van der Waals surface area (Å²) >= 11 is 0. The van der Waals surface area contributed by atoms with Gasteiger partial charge in [0.2, 0.25) is 0 Å². The fraction of sp³-hybridized carbons (Fsp3) is 1.00. The van der Waals surface area contributed by atoms with Gasteiger partial charge >= 0.3 is 0 Å². The Morgan fingerprint density at radius 3 is 2.45 bits per heavy atom. The Balaban J connectivity index is 1.82. The predicted octanol–water partition coefficient (Wildman–Crippen LogP) is 2.32. The Kier molecular flexibility index (Phi) is 2.17. The highest BCUT2D eigenvalue weighted by Crippen LogP contribution is 2.52. The van der Waals surface area contributed by atoms with Crippen LogP contribution in [0.4, 0.5) is 0 Å². The molecule has 1 saturated heterocycles. The van der Waals surface area contributed by atoms with E-state index >= 15 is 0 Å². The van der Waals surface area contributed by atoms with Gasteiger partial charge in [-0.1, -0.05) is 12.8 Å². The molecule has 0 unspecified atom stereocenters. The molecule has 2 rings (SSSR count). The van der Waals surface area contributed by atoms with Gasteiger partial charge in [0.15, 0.2) is 0 Å². The summed E-state index contributed by atoms with van der Waals surface area (Å²) in [5, 5.41) is 3.52. The van der Waals surface area contributed by atoms with Gasteiger partial charge in [-0.05, 0) is 50.6 Å². The molecule has 1 aliphatic heterocycles. The van der Waals surface area contributed by atoms with Gasteiger partial charge in [0.1, 0.15) is 0 Å². The molecule has 64 valence electrons. The SMILES string of the molecule is C1CCNCCC2(CC1)CC2. The summed E-state index contributed by atoms with van der Waals surface area (Å²) in [6.07, 6.45) is 10.4. The van der Waals surface area contributed by atoms with Gasteiger partial charge in [-0.25, -0.2) is 0 Å². The summed E-state index contributed by atoms with van der Waals surface area (Å²) < 4.78 is 0. The van der Waals surface area contributed by atoms with Gasteiger partial charge in [0.05, 0.1) is 0 Å². The van der Waals surface area contributed by atoms with Crippen molar-refractivity contribution < 1.29 is 0 Å². The van der Waals surface area contributed by atoms with Crippen molar-refractivity contribution >= 4 is 0 Å². The zero-order valence-corrected chi connectivity index (χ0v) is 7.36. The minimum atomic E-state index is 0.831. The van der Waals surface area contributed by atoms with Gasteiger partial charge in [-0.2, -0.15) is 0 Å². The van der Waals surface area contributed by atoms with Gasteiger partial charge in [0, 0.05) is 0 Å². The monoisotopic (exact) mass is 153 g/mol. The molecule has 0 amide bonds. The molecular weight excluding hydrogens is 134 g/mol. The molecule has 0 aromatic carbocycles. The van der Waals surface area contributed by atoms with E-state index in [0.717, 1.165) is 5.41 Å². The Morgan fingerprint density at radius 1 is 0.727 bits per heavy atom. The third-order valence-corrected chi connectivity index (χ3v) is 3.35. The molecule has 0 bridgehead atoms. The normalized spacial score (nSPS) is 30.5. The predicted molar refractivity (Wildman–Crippen MR) is 47.6 cm³/mol.